The fourth-order valence-electron chi connectivity index (χ4n) is 1.23. The molecule has 0 bridgehead atoms. The highest BCUT2D eigenvalue weighted by molar-refractivity contribution is 14.1. The summed E-state index contributed by atoms with van der Waals surface area (Å²) in [5, 5.41) is 3.18. The number of benzene rings is 2. The molecule has 0 aromatic heterocycles. The van der Waals surface area contributed by atoms with Crippen molar-refractivity contribution >= 4 is 45.0 Å². The Kier molecular flexibility index (Phi) is 2.24. The van der Waals surface area contributed by atoms with Crippen LogP contribution in [-0.2, 0) is 0 Å². The van der Waals surface area contributed by atoms with Gasteiger partial charge in [-0.3, -0.25) is 0 Å². The van der Waals surface area contributed by atoms with Gasteiger partial charge in [0.2, 0.25) is 0 Å². The number of rotatable bonds is 0. The number of halogens is 2. The average Bonchev–Trinajstić information content (AvgIpc) is 2.07. The molecule has 2 aromatic carbocycles. The van der Waals surface area contributed by atoms with E-state index in [1.165, 1.54) is 8.96 Å². The molecule has 0 saturated heterocycles. The Hall–Kier alpha value is -0.280. The molecule has 0 nitrogen and oxygen atoms in total. The van der Waals surface area contributed by atoms with Gasteiger partial charge in [0.1, 0.15) is 0 Å². The fraction of sp³-hybridized carbons (Fsp3) is 0. The highest BCUT2D eigenvalue weighted by Crippen LogP contribution is 2.26. The maximum Gasteiger partial charge on any atom is 0.0484 e. The van der Waals surface area contributed by atoms with Crippen LogP contribution in [0.3, 0.4) is 0 Å². The molecule has 0 saturated carbocycles. The largest absolute Gasteiger partial charge is 0.0837 e. The van der Waals surface area contributed by atoms with Crippen LogP contribution in [0.4, 0.5) is 0 Å². The molecule has 0 heterocycles. The molecule has 0 atom stereocenters. The normalized spacial score (nSPS) is 10.5. The topological polar surface area (TPSA) is 0 Å². The molecule has 0 radical (unpaired) electrons. The van der Waals surface area contributed by atoms with Crippen LogP contribution in [0.1, 0.15) is 0 Å². The smallest absolute Gasteiger partial charge is 0.0484 e. The number of fused-ring (bicyclic) bond motifs is 1. The van der Waals surface area contributed by atoms with E-state index in [0.29, 0.717) is 0 Å². The van der Waals surface area contributed by atoms with Crippen LogP contribution in [0, 0.1) is 3.57 Å². The van der Waals surface area contributed by atoms with E-state index in [9.17, 15) is 0 Å². The fourth-order valence-corrected chi connectivity index (χ4v) is 2.15. The summed E-state index contributed by atoms with van der Waals surface area (Å²) in [5.74, 6) is 0. The van der Waals surface area contributed by atoms with Gasteiger partial charge in [-0.05, 0) is 40.1 Å². The predicted molar refractivity (Wildman–Crippen MR) is 61.7 cm³/mol. The van der Waals surface area contributed by atoms with Crippen molar-refractivity contribution in [2.24, 2.45) is 0 Å². The van der Waals surface area contributed by atoms with Crippen LogP contribution in [0.5, 0.6) is 0 Å². The lowest BCUT2D eigenvalue weighted by Gasteiger charge is -2.00. The van der Waals surface area contributed by atoms with Gasteiger partial charge in [-0.1, -0.05) is 35.9 Å². The van der Waals surface area contributed by atoms with E-state index >= 15 is 0 Å². The summed E-state index contributed by atoms with van der Waals surface area (Å²) >= 11 is 8.34. The summed E-state index contributed by atoms with van der Waals surface area (Å²) < 4.78 is 1.24. The van der Waals surface area contributed by atoms with Crippen LogP contribution >= 0.6 is 34.2 Å². The van der Waals surface area contributed by atoms with Crippen molar-refractivity contribution in [3.05, 3.63) is 45.0 Å². The lowest BCUT2D eigenvalue weighted by molar-refractivity contribution is 1.71. The van der Waals surface area contributed by atoms with Crippen molar-refractivity contribution in [3.8, 4) is 0 Å². The minimum absolute atomic E-state index is 0.825. The van der Waals surface area contributed by atoms with E-state index in [2.05, 4.69) is 34.7 Å². The third-order valence-corrected chi connectivity index (χ3v) is 3.09. The quantitative estimate of drug-likeness (QED) is 0.640. The second-order valence-electron chi connectivity index (χ2n) is 2.57. The maximum atomic E-state index is 6.03. The van der Waals surface area contributed by atoms with Gasteiger partial charge >= 0.3 is 0 Å². The lowest BCUT2D eigenvalue weighted by atomic mass is 10.1. The Balaban J connectivity index is 2.94. The van der Waals surface area contributed by atoms with Crippen molar-refractivity contribution in [2.75, 3.05) is 0 Å². The van der Waals surface area contributed by atoms with E-state index in [4.69, 9.17) is 11.6 Å². The van der Waals surface area contributed by atoms with Gasteiger partial charge < -0.3 is 0 Å². The van der Waals surface area contributed by atoms with Crippen LogP contribution in [0.2, 0.25) is 5.02 Å². The van der Waals surface area contributed by atoms with E-state index in [1.807, 2.05) is 24.3 Å². The zero-order valence-corrected chi connectivity index (χ0v) is 9.13. The third kappa shape index (κ3) is 1.31. The molecular formula is C10H6ClI. The Bertz CT molecular complexity index is 382. The summed E-state index contributed by atoms with van der Waals surface area (Å²) in [6.07, 6.45) is 0. The Morgan fingerprint density at radius 2 is 1.58 bits per heavy atom. The summed E-state index contributed by atoms with van der Waals surface area (Å²) in [5.41, 5.74) is 0. The molecule has 12 heavy (non-hydrogen) atoms. The molecular weight excluding hydrogens is 282 g/mol. The van der Waals surface area contributed by atoms with E-state index in [1.54, 1.807) is 0 Å². The zero-order chi connectivity index (χ0) is 8.55. The number of hydrogen-bond donors (Lipinski definition) is 0. The predicted octanol–water partition coefficient (Wildman–Crippen LogP) is 4.10. The summed E-state index contributed by atoms with van der Waals surface area (Å²) in [6, 6.07) is 12.1. The van der Waals surface area contributed by atoms with Crippen molar-refractivity contribution in [2.45, 2.75) is 0 Å². The third-order valence-electron chi connectivity index (χ3n) is 1.82. The molecule has 2 heteroatoms. The van der Waals surface area contributed by atoms with Crippen LogP contribution in [0.15, 0.2) is 36.4 Å². The summed E-state index contributed by atoms with van der Waals surface area (Å²) in [4.78, 5) is 0. The Morgan fingerprint density at radius 3 is 2.33 bits per heavy atom. The van der Waals surface area contributed by atoms with Crippen LogP contribution < -0.4 is 0 Å². The average molecular weight is 289 g/mol. The maximum absolute atomic E-state index is 6.03. The first-order valence-electron chi connectivity index (χ1n) is 3.62. The Labute approximate surface area is 89.7 Å². The zero-order valence-electron chi connectivity index (χ0n) is 6.22. The van der Waals surface area contributed by atoms with Gasteiger partial charge in [0.05, 0.1) is 0 Å². The molecule has 60 valence electrons. The van der Waals surface area contributed by atoms with E-state index in [0.717, 1.165) is 10.4 Å². The van der Waals surface area contributed by atoms with Gasteiger partial charge in [0, 0.05) is 14.0 Å². The molecule has 2 aromatic rings. The Morgan fingerprint density at radius 1 is 0.917 bits per heavy atom. The molecule has 0 aliphatic rings. The van der Waals surface area contributed by atoms with Gasteiger partial charge in [0.15, 0.2) is 0 Å². The molecule has 0 aliphatic heterocycles. The molecule has 0 aliphatic carbocycles. The van der Waals surface area contributed by atoms with Crippen molar-refractivity contribution in [3.63, 3.8) is 0 Å². The van der Waals surface area contributed by atoms with Gasteiger partial charge in [0.25, 0.3) is 0 Å². The lowest BCUT2D eigenvalue weighted by Crippen LogP contribution is -1.77. The molecule has 0 N–H and O–H groups in total. The molecule has 0 spiro atoms. The second kappa shape index (κ2) is 3.23. The van der Waals surface area contributed by atoms with Crippen LogP contribution in [-0.4, -0.2) is 0 Å². The van der Waals surface area contributed by atoms with Crippen molar-refractivity contribution in [1.82, 2.24) is 0 Å². The summed E-state index contributed by atoms with van der Waals surface area (Å²) in [6.45, 7) is 0. The second-order valence-corrected chi connectivity index (χ2v) is 4.14. The first-order valence-corrected chi connectivity index (χ1v) is 5.07. The number of hydrogen-bond acceptors (Lipinski definition) is 0. The van der Waals surface area contributed by atoms with Crippen LogP contribution in [0.25, 0.3) is 10.8 Å². The molecule has 2 rings (SSSR count). The summed E-state index contributed by atoms with van der Waals surface area (Å²) in [7, 11) is 0. The van der Waals surface area contributed by atoms with Gasteiger partial charge in [-0.15, -0.1) is 0 Å². The van der Waals surface area contributed by atoms with E-state index in [-0.39, 0.29) is 0 Å². The standard InChI is InChI=1S/C10H6ClI/c11-9-5-1-4-8-7(9)3-2-6-10(8)12/h1-6H. The van der Waals surface area contributed by atoms with Crippen molar-refractivity contribution in [1.29, 1.82) is 0 Å². The van der Waals surface area contributed by atoms with Gasteiger partial charge in [-0.25, -0.2) is 0 Å². The first-order chi connectivity index (χ1) is 5.79. The highest BCUT2D eigenvalue weighted by atomic mass is 127. The molecule has 0 unspecified atom stereocenters. The molecule has 0 amide bonds. The highest BCUT2D eigenvalue weighted by Gasteiger charge is 1.99. The van der Waals surface area contributed by atoms with Gasteiger partial charge in [-0.2, -0.15) is 0 Å². The molecule has 0 fully saturated rings. The first kappa shape index (κ1) is 8.32. The minimum Gasteiger partial charge on any atom is -0.0837 e. The minimum atomic E-state index is 0.825. The monoisotopic (exact) mass is 288 g/mol. The van der Waals surface area contributed by atoms with E-state index < -0.39 is 0 Å². The van der Waals surface area contributed by atoms with Crippen molar-refractivity contribution < 1.29 is 0 Å². The SMILES string of the molecule is Clc1cccc2c(I)cccc12.